The molecule has 0 spiro atoms. The van der Waals surface area contributed by atoms with Gasteiger partial charge in [-0.2, -0.15) is 5.10 Å². The van der Waals surface area contributed by atoms with Crippen LogP contribution >= 0.6 is 39.0 Å². The van der Waals surface area contributed by atoms with E-state index >= 15 is 0 Å². The first-order chi connectivity index (χ1) is 19.0. The van der Waals surface area contributed by atoms with Crippen molar-refractivity contribution in [1.82, 2.24) is 15.0 Å². The van der Waals surface area contributed by atoms with Crippen LogP contribution < -0.4 is 20.5 Å². The van der Waals surface area contributed by atoms with Crippen LogP contribution in [0.1, 0.15) is 35.8 Å². The summed E-state index contributed by atoms with van der Waals surface area (Å²) in [6.07, 6.45) is 5.60. The summed E-state index contributed by atoms with van der Waals surface area (Å²) < 4.78 is 13.4. The number of fused-ring (bicyclic) bond motifs is 3. The lowest BCUT2D eigenvalue weighted by atomic mass is 9.97. The van der Waals surface area contributed by atoms with Gasteiger partial charge in [0, 0.05) is 14.9 Å². The largest absolute Gasteiger partial charge is 0.496 e. The molecule has 0 radical (unpaired) electrons. The lowest BCUT2D eigenvalue weighted by Gasteiger charge is -2.14. The minimum atomic E-state index is -0.316. The van der Waals surface area contributed by atoms with Gasteiger partial charge < -0.3 is 9.47 Å². The predicted octanol–water partition coefficient (Wildman–Crippen LogP) is 5.74. The number of nitrogens with zero attached hydrogens (tertiary/aromatic N) is 3. The molecule has 0 aliphatic heterocycles. The fraction of sp³-hybridized carbons (Fsp3) is 0.286. The first-order valence-corrected chi connectivity index (χ1v) is 15.2. The van der Waals surface area contributed by atoms with E-state index in [2.05, 4.69) is 26.5 Å². The number of carbonyl (C=O) groups is 1. The summed E-state index contributed by atoms with van der Waals surface area (Å²) in [4.78, 5) is 33.4. The fourth-order valence-corrected chi connectivity index (χ4v) is 7.00. The number of hydrogen-bond donors (Lipinski definition) is 1. The fourth-order valence-electron chi connectivity index (χ4n) is 4.51. The highest BCUT2D eigenvalue weighted by molar-refractivity contribution is 9.10. The van der Waals surface area contributed by atoms with Gasteiger partial charge in [0.2, 0.25) is 0 Å². The van der Waals surface area contributed by atoms with Crippen LogP contribution in [0.25, 0.3) is 15.9 Å². The van der Waals surface area contributed by atoms with E-state index in [1.54, 1.807) is 23.0 Å². The van der Waals surface area contributed by atoms with Crippen LogP contribution in [-0.4, -0.2) is 41.1 Å². The standard InChI is InChI=1S/C28H27BrN4O4S2/c1-3-37-20-11-9-19(10-12-20)33-27(35)25-21-6-4-5-7-23(21)39-26(25)31-28(33)38-16-24(34)32-30-15-17-14-18(29)8-13-22(17)36-2/h8-15H,3-7,16H2,1-2H3,(H,32,34). The highest BCUT2D eigenvalue weighted by Gasteiger charge is 2.23. The molecule has 1 aliphatic carbocycles. The minimum Gasteiger partial charge on any atom is -0.496 e. The second kappa shape index (κ2) is 12.4. The summed E-state index contributed by atoms with van der Waals surface area (Å²) in [5.74, 6) is 1.08. The molecule has 0 atom stereocenters. The Morgan fingerprint density at radius 3 is 2.79 bits per heavy atom. The molecule has 0 unspecified atom stereocenters. The van der Waals surface area contributed by atoms with E-state index < -0.39 is 0 Å². The summed E-state index contributed by atoms with van der Waals surface area (Å²) in [5.41, 5.74) is 4.98. The van der Waals surface area contributed by atoms with Gasteiger partial charge in [-0.3, -0.25) is 14.2 Å². The van der Waals surface area contributed by atoms with Crippen molar-refractivity contribution >= 4 is 61.4 Å². The van der Waals surface area contributed by atoms with Gasteiger partial charge in [0.05, 0.1) is 36.8 Å². The van der Waals surface area contributed by atoms with E-state index in [0.29, 0.717) is 28.6 Å². The van der Waals surface area contributed by atoms with Gasteiger partial charge in [-0.1, -0.05) is 27.7 Å². The smallest absolute Gasteiger partial charge is 0.267 e. The van der Waals surface area contributed by atoms with Crippen molar-refractivity contribution in [3.63, 3.8) is 0 Å². The monoisotopic (exact) mass is 626 g/mol. The summed E-state index contributed by atoms with van der Waals surface area (Å²) >= 11 is 6.23. The van der Waals surface area contributed by atoms with Crippen molar-refractivity contribution in [1.29, 1.82) is 0 Å². The second-order valence-corrected chi connectivity index (χ2v) is 11.8. The number of rotatable bonds is 9. The van der Waals surface area contributed by atoms with Crippen LogP contribution in [0.3, 0.4) is 0 Å². The average Bonchev–Trinajstić information content (AvgIpc) is 3.32. The summed E-state index contributed by atoms with van der Waals surface area (Å²) in [6, 6.07) is 12.9. The van der Waals surface area contributed by atoms with Crippen molar-refractivity contribution in [2.75, 3.05) is 19.5 Å². The maximum atomic E-state index is 13.9. The highest BCUT2D eigenvalue weighted by Crippen LogP contribution is 2.35. The lowest BCUT2D eigenvalue weighted by molar-refractivity contribution is -0.118. The predicted molar refractivity (Wildman–Crippen MR) is 160 cm³/mol. The third-order valence-electron chi connectivity index (χ3n) is 6.28. The van der Waals surface area contributed by atoms with E-state index in [9.17, 15) is 9.59 Å². The third-order valence-corrected chi connectivity index (χ3v) is 8.90. The topological polar surface area (TPSA) is 94.8 Å². The van der Waals surface area contributed by atoms with Gasteiger partial charge in [-0.15, -0.1) is 11.3 Å². The molecule has 39 heavy (non-hydrogen) atoms. The number of hydrogen-bond acceptors (Lipinski definition) is 8. The van der Waals surface area contributed by atoms with Crippen LogP contribution in [0.4, 0.5) is 0 Å². The number of thiophene rings is 1. The van der Waals surface area contributed by atoms with Gasteiger partial charge >= 0.3 is 0 Å². The van der Waals surface area contributed by atoms with Crippen molar-refractivity contribution in [2.45, 2.75) is 37.8 Å². The highest BCUT2D eigenvalue weighted by atomic mass is 79.9. The van der Waals surface area contributed by atoms with E-state index in [1.165, 1.54) is 22.9 Å². The number of aryl methyl sites for hydroxylation is 2. The van der Waals surface area contributed by atoms with E-state index in [0.717, 1.165) is 51.9 Å². The normalized spacial score (nSPS) is 13.0. The first kappa shape index (κ1) is 27.4. The van der Waals surface area contributed by atoms with Gasteiger partial charge in [0.25, 0.3) is 11.5 Å². The van der Waals surface area contributed by atoms with Gasteiger partial charge in [0.15, 0.2) is 5.16 Å². The van der Waals surface area contributed by atoms with E-state index in [1.807, 2.05) is 49.4 Å². The first-order valence-electron chi connectivity index (χ1n) is 12.6. The maximum absolute atomic E-state index is 13.9. The molecular weight excluding hydrogens is 600 g/mol. The SMILES string of the molecule is CCOc1ccc(-n2c(SCC(=O)NN=Cc3cc(Br)ccc3OC)nc3sc4c(c3c2=O)CCCC4)cc1. The second-order valence-electron chi connectivity index (χ2n) is 8.82. The number of thioether (sulfide) groups is 1. The Kier molecular flexibility index (Phi) is 8.69. The molecule has 2 heterocycles. The molecule has 5 rings (SSSR count). The molecular formula is C28H27BrN4O4S2. The molecule has 8 nitrogen and oxygen atoms in total. The van der Waals surface area contributed by atoms with E-state index in [-0.39, 0.29) is 17.2 Å². The molecule has 1 aliphatic rings. The summed E-state index contributed by atoms with van der Waals surface area (Å²) in [7, 11) is 1.58. The molecule has 202 valence electrons. The Bertz CT molecular complexity index is 1600. The van der Waals surface area contributed by atoms with Crippen LogP contribution in [0.2, 0.25) is 0 Å². The Morgan fingerprint density at radius 2 is 2.03 bits per heavy atom. The number of benzene rings is 2. The molecule has 2 aromatic carbocycles. The molecule has 4 aromatic rings. The Balaban J connectivity index is 1.42. The lowest BCUT2D eigenvalue weighted by Crippen LogP contribution is -2.24. The van der Waals surface area contributed by atoms with Crippen molar-refractivity contribution in [3.8, 4) is 17.2 Å². The number of ether oxygens (including phenoxy) is 2. The number of aromatic nitrogens is 2. The van der Waals surface area contributed by atoms with Gasteiger partial charge in [-0.25, -0.2) is 10.4 Å². The van der Waals surface area contributed by atoms with Gasteiger partial charge in [0.1, 0.15) is 16.3 Å². The maximum Gasteiger partial charge on any atom is 0.267 e. The molecule has 11 heteroatoms. The van der Waals surface area contributed by atoms with Crippen LogP contribution in [-0.2, 0) is 17.6 Å². The Hall–Kier alpha value is -3.15. The molecule has 0 bridgehead atoms. The third kappa shape index (κ3) is 6.05. The Labute approximate surface area is 242 Å². The van der Waals surface area contributed by atoms with Crippen LogP contribution in [0, 0.1) is 0 Å². The van der Waals surface area contributed by atoms with E-state index in [4.69, 9.17) is 14.5 Å². The summed E-state index contributed by atoms with van der Waals surface area (Å²) in [6.45, 7) is 2.48. The van der Waals surface area contributed by atoms with Gasteiger partial charge in [-0.05, 0) is 80.6 Å². The molecule has 0 saturated carbocycles. The quantitative estimate of drug-likeness (QED) is 0.110. The number of halogens is 1. The number of carbonyl (C=O) groups excluding carboxylic acids is 1. The number of nitrogens with one attached hydrogen (secondary N) is 1. The average molecular weight is 628 g/mol. The van der Waals surface area contributed by atoms with Crippen LogP contribution in [0.5, 0.6) is 11.5 Å². The zero-order chi connectivity index (χ0) is 27.4. The number of hydrazone groups is 1. The molecule has 1 N–H and O–H groups in total. The zero-order valence-corrected chi connectivity index (χ0v) is 24.7. The number of amides is 1. The Morgan fingerprint density at radius 1 is 1.23 bits per heavy atom. The molecule has 0 saturated heterocycles. The van der Waals surface area contributed by atoms with Crippen molar-refractivity contribution in [3.05, 3.63) is 73.3 Å². The van der Waals surface area contributed by atoms with Crippen molar-refractivity contribution < 1.29 is 14.3 Å². The molecule has 2 aromatic heterocycles. The van der Waals surface area contributed by atoms with Crippen molar-refractivity contribution in [2.24, 2.45) is 5.10 Å². The van der Waals surface area contributed by atoms with Crippen LogP contribution in [0.15, 0.2) is 62.0 Å². The zero-order valence-electron chi connectivity index (χ0n) is 21.5. The number of methoxy groups -OCH3 is 1. The molecule has 0 fully saturated rings. The summed E-state index contributed by atoms with van der Waals surface area (Å²) in [5, 5.41) is 5.24. The minimum absolute atomic E-state index is 0.0347. The molecule has 1 amide bonds.